The summed E-state index contributed by atoms with van der Waals surface area (Å²) < 4.78 is 0. The second kappa shape index (κ2) is 5.79. The van der Waals surface area contributed by atoms with Gasteiger partial charge in [0.1, 0.15) is 5.69 Å². The van der Waals surface area contributed by atoms with Gasteiger partial charge >= 0.3 is 5.97 Å². The molecule has 1 atom stereocenters. The van der Waals surface area contributed by atoms with Gasteiger partial charge in [-0.2, -0.15) is 0 Å². The van der Waals surface area contributed by atoms with Crippen molar-refractivity contribution in [2.24, 2.45) is 5.41 Å². The maximum absolute atomic E-state index is 12.3. The second-order valence-electron chi connectivity index (χ2n) is 5.17. The van der Waals surface area contributed by atoms with Crippen LogP contribution in [0.1, 0.15) is 36.7 Å². The highest BCUT2D eigenvalue weighted by molar-refractivity contribution is 6.30. The first-order chi connectivity index (χ1) is 9.48. The number of pyridine rings is 1. The molecule has 0 spiro atoms. The minimum atomic E-state index is -0.825. The Balaban J connectivity index is 2.16. The molecule has 2 rings (SSSR count). The molecule has 1 aliphatic heterocycles. The maximum Gasteiger partial charge on any atom is 0.311 e. The molecule has 1 aliphatic rings. The van der Waals surface area contributed by atoms with Gasteiger partial charge in [-0.05, 0) is 25.0 Å². The van der Waals surface area contributed by atoms with E-state index in [-0.39, 0.29) is 18.1 Å². The van der Waals surface area contributed by atoms with Gasteiger partial charge in [-0.1, -0.05) is 24.9 Å². The first-order valence-electron chi connectivity index (χ1n) is 6.63. The van der Waals surface area contributed by atoms with Crippen LogP contribution in [0, 0.1) is 5.41 Å². The zero-order valence-corrected chi connectivity index (χ0v) is 12.1. The predicted octanol–water partition coefficient (Wildman–Crippen LogP) is 2.45. The summed E-state index contributed by atoms with van der Waals surface area (Å²) in [7, 11) is 0. The molecule has 5 nitrogen and oxygen atoms in total. The Morgan fingerprint density at radius 1 is 1.55 bits per heavy atom. The summed E-state index contributed by atoms with van der Waals surface area (Å²) in [5.41, 5.74) is -0.557. The Hall–Kier alpha value is -1.62. The Kier molecular flexibility index (Phi) is 4.28. The van der Waals surface area contributed by atoms with E-state index in [1.807, 2.05) is 6.92 Å². The molecule has 1 aromatic rings. The molecular formula is C14H17ClN2O3. The SMILES string of the molecule is CCCC1(C(=O)O)CCN(C(=O)c2cc(Cl)ccn2)C1. The largest absolute Gasteiger partial charge is 0.481 e. The van der Waals surface area contributed by atoms with Crippen LogP contribution in [0.3, 0.4) is 0 Å². The number of nitrogens with zero attached hydrogens (tertiary/aromatic N) is 2. The van der Waals surface area contributed by atoms with Gasteiger partial charge in [-0.15, -0.1) is 0 Å². The van der Waals surface area contributed by atoms with Crippen LogP contribution in [-0.2, 0) is 4.79 Å². The number of carbonyl (C=O) groups excluding carboxylic acids is 1. The van der Waals surface area contributed by atoms with Crippen LogP contribution in [0.2, 0.25) is 5.02 Å². The van der Waals surface area contributed by atoms with E-state index in [1.165, 1.54) is 12.3 Å². The van der Waals surface area contributed by atoms with Crippen molar-refractivity contribution >= 4 is 23.5 Å². The minimum absolute atomic E-state index is 0.239. The Morgan fingerprint density at radius 3 is 2.90 bits per heavy atom. The van der Waals surface area contributed by atoms with Crippen molar-refractivity contribution in [2.75, 3.05) is 13.1 Å². The number of amides is 1. The lowest BCUT2D eigenvalue weighted by atomic mass is 9.83. The monoisotopic (exact) mass is 296 g/mol. The fourth-order valence-electron chi connectivity index (χ4n) is 2.69. The van der Waals surface area contributed by atoms with Gasteiger partial charge in [0.25, 0.3) is 5.91 Å². The lowest BCUT2D eigenvalue weighted by Crippen LogP contribution is -2.37. The quantitative estimate of drug-likeness (QED) is 0.926. The molecule has 108 valence electrons. The number of aromatic nitrogens is 1. The van der Waals surface area contributed by atoms with Gasteiger partial charge in [0, 0.05) is 24.3 Å². The maximum atomic E-state index is 12.3. The molecule has 1 N–H and O–H groups in total. The van der Waals surface area contributed by atoms with Crippen molar-refractivity contribution in [1.29, 1.82) is 0 Å². The van der Waals surface area contributed by atoms with Crippen molar-refractivity contribution in [2.45, 2.75) is 26.2 Å². The number of carbonyl (C=O) groups is 2. The number of halogens is 1. The van der Waals surface area contributed by atoms with Crippen LogP contribution in [0.15, 0.2) is 18.3 Å². The van der Waals surface area contributed by atoms with Crippen LogP contribution in [0.25, 0.3) is 0 Å². The van der Waals surface area contributed by atoms with Crippen molar-refractivity contribution in [3.05, 3.63) is 29.0 Å². The Bertz CT molecular complexity index is 535. The van der Waals surface area contributed by atoms with Gasteiger partial charge in [-0.25, -0.2) is 0 Å². The molecule has 1 fully saturated rings. The van der Waals surface area contributed by atoms with E-state index in [2.05, 4.69) is 4.98 Å². The third-order valence-electron chi connectivity index (χ3n) is 3.76. The Labute approximate surface area is 122 Å². The fraction of sp³-hybridized carbons (Fsp3) is 0.500. The van der Waals surface area contributed by atoms with E-state index in [0.29, 0.717) is 24.4 Å². The fourth-order valence-corrected chi connectivity index (χ4v) is 2.85. The third kappa shape index (κ3) is 2.77. The zero-order valence-electron chi connectivity index (χ0n) is 11.3. The highest BCUT2D eigenvalue weighted by Gasteiger charge is 2.45. The molecule has 6 heteroatoms. The van der Waals surface area contributed by atoms with Crippen molar-refractivity contribution in [1.82, 2.24) is 9.88 Å². The highest BCUT2D eigenvalue weighted by Crippen LogP contribution is 2.36. The van der Waals surface area contributed by atoms with Crippen molar-refractivity contribution in [3.63, 3.8) is 0 Å². The second-order valence-corrected chi connectivity index (χ2v) is 5.61. The van der Waals surface area contributed by atoms with E-state index in [0.717, 1.165) is 6.42 Å². The van der Waals surface area contributed by atoms with Crippen molar-refractivity contribution in [3.8, 4) is 0 Å². The van der Waals surface area contributed by atoms with Crippen molar-refractivity contribution < 1.29 is 14.7 Å². The summed E-state index contributed by atoms with van der Waals surface area (Å²) in [6, 6.07) is 3.10. The average molecular weight is 297 g/mol. The standard InChI is InChI=1S/C14H17ClN2O3/c1-2-4-14(13(19)20)5-7-17(9-14)12(18)11-8-10(15)3-6-16-11/h3,6,8H,2,4-5,7,9H2,1H3,(H,19,20). The molecule has 0 radical (unpaired) electrons. The first-order valence-corrected chi connectivity index (χ1v) is 7.00. The zero-order chi connectivity index (χ0) is 14.8. The van der Waals surface area contributed by atoms with E-state index in [9.17, 15) is 14.7 Å². The number of aliphatic carboxylic acids is 1. The molecule has 1 aromatic heterocycles. The molecule has 2 heterocycles. The van der Waals surface area contributed by atoms with E-state index < -0.39 is 11.4 Å². The molecule has 1 saturated heterocycles. The van der Waals surface area contributed by atoms with E-state index >= 15 is 0 Å². The van der Waals surface area contributed by atoms with Gasteiger partial charge in [0.05, 0.1) is 5.41 Å². The molecule has 0 bridgehead atoms. The van der Waals surface area contributed by atoms with Gasteiger partial charge in [0.2, 0.25) is 0 Å². The molecule has 0 aromatic carbocycles. The molecule has 0 saturated carbocycles. The number of likely N-dealkylation sites (tertiary alicyclic amines) is 1. The molecular weight excluding hydrogens is 280 g/mol. The lowest BCUT2D eigenvalue weighted by Gasteiger charge is -2.24. The van der Waals surface area contributed by atoms with Crippen LogP contribution in [-0.4, -0.2) is 40.0 Å². The van der Waals surface area contributed by atoms with E-state index in [1.54, 1.807) is 11.0 Å². The molecule has 1 unspecified atom stereocenters. The normalized spacial score (nSPS) is 22.0. The summed E-state index contributed by atoms with van der Waals surface area (Å²) in [4.78, 5) is 29.4. The first kappa shape index (κ1) is 14.8. The summed E-state index contributed by atoms with van der Waals surface area (Å²) in [5, 5.41) is 9.88. The molecule has 1 amide bonds. The number of carboxylic acids is 1. The summed E-state index contributed by atoms with van der Waals surface area (Å²) in [5.74, 6) is -1.08. The lowest BCUT2D eigenvalue weighted by molar-refractivity contribution is -0.148. The van der Waals surface area contributed by atoms with Crippen LogP contribution >= 0.6 is 11.6 Å². The van der Waals surface area contributed by atoms with Crippen LogP contribution < -0.4 is 0 Å². The summed E-state index contributed by atoms with van der Waals surface area (Å²) >= 11 is 5.85. The Morgan fingerprint density at radius 2 is 2.30 bits per heavy atom. The topological polar surface area (TPSA) is 70.5 Å². The molecule has 20 heavy (non-hydrogen) atoms. The van der Waals surface area contributed by atoms with Gasteiger partial charge < -0.3 is 10.0 Å². The number of rotatable bonds is 4. The molecule has 0 aliphatic carbocycles. The minimum Gasteiger partial charge on any atom is -0.481 e. The average Bonchev–Trinajstić information content (AvgIpc) is 2.84. The third-order valence-corrected chi connectivity index (χ3v) is 4.00. The summed E-state index contributed by atoms with van der Waals surface area (Å²) in [6.07, 6.45) is 3.32. The summed E-state index contributed by atoms with van der Waals surface area (Å²) in [6.45, 7) is 2.64. The smallest absolute Gasteiger partial charge is 0.311 e. The number of hydrogen-bond acceptors (Lipinski definition) is 3. The van der Waals surface area contributed by atoms with Crippen LogP contribution in [0.5, 0.6) is 0 Å². The highest BCUT2D eigenvalue weighted by atomic mass is 35.5. The van der Waals surface area contributed by atoms with Gasteiger partial charge in [0.15, 0.2) is 0 Å². The van der Waals surface area contributed by atoms with Gasteiger partial charge in [-0.3, -0.25) is 14.6 Å². The van der Waals surface area contributed by atoms with Crippen LogP contribution in [0.4, 0.5) is 0 Å². The number of carboxylic acid groups (broad SMARTS) is 1. The number of hydrogen-bond donors (Lipinski definition) is 1. The predicted molar refractivity (Wildman–Crippen MR) is 74.7 cm³/mol. The van der Waals surface area contributed by atoms with E-state index in [4.69, 9.17) is 11.6 Å².